The van der Waals surface area contributed by atoms with E-state index in [0.717, 1.165) is 13.1 Å². The lowest BCUT2D eigenvalue weighted by atomic mass is 10.1. The molecule has 0 heterocycles. The average molecular weight is 248 g/mol. The van der Waals surface area contributed by atoms with Crippen LogP contribution in [0.4, 0.5) is 5.69 Å². The van der Waals surface area contributed by atoms with Crippen LogP contribution in [0.3, 0.4) is 0 Å². The van der Waals surface area contributed by atoms with Gasteiger partial charge in [-0.3, -0.25) is 0 Å². The number of rotatable bonds is 7. The molecule has 0 fully saturated rings. The summed E-state index contributed by atoms with van der Waals surface area (Å²) >= 11 is 0. The van der Waals surface area contributed by atoms with Gasteiger partial charge in [0.1, 0.15) is 0 Å². The molecular formula is C16H28N2. The summed E-state index contributed by atoms with van der Waals surface area (Å²) in [6, 6.07) is 7.40. The maximum atomic E-state index is 3.38. The lowest BCUT2D eigenvalue weighted by Crippen LogP contribution is -2.28. The SMILES string of the molecule is CCCC(C)N(C)c1ccc(CNCC)c(C)c1. The summed E-state index contributed by atoms with van der Waals surface area (Å²) in [5, 5.41) is 3.38. The average Bonchev–Trinajstić information content (AvgIpc) is 2.36. The molecule has 1 aromatic carbocycles. The minimum Gasteiger partial charge on any atom is -0.372 e. The first-order valence-electron chi connectivity index (χ1n) is 7.13. The molecule has 102 valence electrons. The quantitative estimate of drug-likeness (QED) is 0.791. The Morgan fingerprint density at radius 3 is 2.56 bits per heavy atom. The number of hydrogen-bond donors (Lipinski definition) is 1. The van der Waals surface area contributed by atoms with E-state index in [4.69, 9.17) is 0 Å². The number of aryl methyl sites for hydroxylation is 1. The monoisotopic (exact) mass is 248 g/mol. The molecule has 1 aromatic rings. The largest absolute Gasteiger partial charge is 0.372 e. The molecule has 0 aliphatic rings. The molecule has 0 radical (unpaired) electrons. The number of benzene rings is 1. The third-order valence-corrected chi connectivity index (χ3v) is 3.67. The van der Waals surface area contributed by atoms with Gasteiger partial charge in [-0.15, -0.1) is 0 Å². The van der Waals surface area contributed by atoms with Gasteiger partial charge in [-0.2, -0.15) is 0 Å². The normalized spacial score (nSPS) is 12.5. The van der Waals surface area contributed by atoms with Crippen molar-refractivity contribution in [1.29, 1.82) is 0 Å². The summed E-state index contributed by atoms with van der Waals surface area (Å²) in [7, 11) is 2.19. The zero-order valence-corrected chi connectivity index (χ0v) is 12.6. The highest BCUT2D eigenvalue weighted by atomic mass is 15.1. The van der Waals surface area contributed by atoms with E-state index in [0.29, 0.717) is 6.04 Å². The Morgan fingerprint density at radius 2 is 2.00 bits per heavy atom. The van der Waals surface area contributed by atoms with E-state index >= 15 is 0 Å². The van der Waals surface area contributed by atoms with Gasteiger partial charge in [0, 0.05) is 25.3 Å². The maximum Gasteiger partial charge on any atom is 0.0368 e. The third-order valence-electron chi connectivity index (χ3n) is 3.67. The molecule has 2 nitrogen and oxygen atoms in total. The van der Waals surface area contributed by atoms with Gasteiger partial charge in [-0.1, -0.05) is 26.3 Å². The summed E-state index contributed by atoms with van der Waals surface area (Å²) in [6.07, 6.45) is 2.48. The smallest absolute Gasteiger partial charge is 0.0368 e. The lowest BCUT2D eigenvalue weighted by molar-refractivity contribution is 0.616. The zero-order chi connectivity index (χ0) is 13.5. The Morgan fingerprint density at radius 1 is 1.28 bits per heavy atom. The zero-order valence-electron chi connectivity index (χ0n) is 12.6. The van der Waals surface area contributed by atoms with Gasteiger partial charge in [-0.05, 0) is 50.1 Å². The second-order valence-corrected chi connectivity index (χ2v) is 5.14. The second kappa shape index (κ2) is 7.42. The second-order valence-electron chi connectivity index (χ2n) is 5.14. The van der Waals surface area contributed by atoms with Crippen molar-refractivity contribution < 1.29 is 0 Å². The van der Waals surface area contributed by atoms with Gasteiger partial charge in [0.2, 0.25) is 0 Å². The maximum absolute atomic E-state index is 3.38. The van der Waals surface area contributed by atoms with Crippen LogP contribution in [0.1, 0.15) is 44.7 Å². The van der Waals surface area contributed by atoms with E-state index in [1.54, 1.807) is 0 Å². The number of anilines is 1. The van der Waals surface area contributed by atoms with Crippen LogP contribution in [0.5, 0.6) is 0 Å². The summed E-state index contributed by atoms with van der Waals surface area (Å²) in [5.74, 6) is 0. The molecule has 2 heteroatoms. The van der Waals surface area contributed by atoms with Crippen LogP contribution >= 0.6 is 0 Å². The van der Waals surface area contributed by atoms with Crippen LogP contribution in [-0.4, -0.2) is 19.6 Å². The van der Waals surface area contributed by atoms with E-state index in [1.165, 1.54) is 29.7 Å². The van der Waals surface area contributed by atoms with Crippen molar-refractivity contribution in [1.82, 2.24) is 5.32 Å². The fourth-order valence-corrected chi connectivity index (χ4v) is 2.22. The fourth-order valence-electron chi connectivity index (χ4n) is 2.22. The van der Waals surface area contributed by atoms with Gasteiger partial charge in [0.05, 0.1) is 0 Å². The molecule has 0 aliphatic heterocycles. The minimum absolute atomic E-state index is 0.606. The standard InChI is InChI=1S/C16H28N2/c1-6-8-14(4)18(5)16-10-9-15(12-17-7-2)13(3)11-16/h9-11,14,17H,6-8,12H2,1-5H3. The van der Waals surface area contributed by atoms with Gasteiger partial charge in [0.15, 0.2) is 0 Å². The van der Waals surface area contributed by atoms with Crippen LogP contribution < -0.4 is 10.2 Å². The van der Waals surface area contributed by atoms with E-state index in [-0.39, 0.29) is 0 Å². The molecule has 1 atom stereocenters. The first-order valence-corrected chi connectivity index (χ1v) is 7.13. The highest BCUT2D eigenvalue weighted by Crippen LogP contribution is 2.21. The number of nitrogens with zero attached hydrogens (tertiary/aromatic N) is 1. The van der Waals surface area contributed by atoms with Crippen molar-refractivity contribution in [2.75, 3.05) is 18.5 Å². The van der Waals surface area contributed by atoms with Crippen LogP contribution in [-0.2, 0) is 6.54 Å². The summed E-state index contributed by atoms with van der Waals surface area (Å²) < 4.78 is 0. The van der Waals surface area contributed by atoms with E-state index in [1.807, 2.05) is 0 Å². The van der Waals surface area contributed by atoms with Gasteiger partial charge in [-0.25, -0.2) is 0 Å². The first kappa shape index (κ1) is 15.0. The van der Waals surface area contributed by atoms with Crippen LogP contribution in [0, 0.1) is 6.92 Å². The predicted octanol–water partition coefficient (Wildman–Crippen LogP) is 3.73. The Hall–Kier alpha value is -1.02. The van der Waals surface area contributed by atoms with Crippen LogP contribution in [0.2, 0.25) is 0 Å². The van der Waals surface area contributed by atoms with Crippen LogP contribution in [0.15, 0.2) is 18.2 Å². The molecular weight excluding hydrogens is 220 g/mol. The Labute approximate surface area is 112 Å². The number of nitrogens with one attached hydrogen (secondary N) is 1. The predicted molar refractivity (Wildman–Crippen MR) is 81.3 cm³/mol. The molecule has 0 aromatic heterocycles. The lowest BCUT2D eigenvalue weighted by Gasteiger charge is -2.27. The Bertz CT molecular complexity index is 360. The molecule has 0 amide bonds. The van der Waals surface area contributed by atoms with Crippen molar-refractivity contribution in [3.63, 3.8) is 0 Å². The van der Waals surface area contributed by atoms with E-state index < -0.39 is 0 Å². The summed E-state index contributed by atoms with van der Waals surface area (Å²) in [6.45, 7) is 10.9. The molecule has 1 unspecified atom stereocenters. The summed E-state index contributed by atoms with van der Waals surface area (Å²) in [4.78, 5) is 2.38. The van der Waals surface area contributed by atoms with Crippen molar-refractivity contribution >= 4 is 5.69 Å². The molecule has 0 bridgehead atoms. The van der Waals surface area contributed by atoms with Gasteiger partial charge >= 0.3 is 0 Å². The fraction of sp³-hybridized carbons (Fsp3) is 0.625. The highest BCUT2D eigenvalue weighted by Gasteiger charge is 2.10. The molecule has 18 heavy (non-hydrogen) atoms. The van der Waals surface area contributed by atoms with Crippen LogP contribution in [0.25, 0.3) is 0 Å². The van der Waals surface area contributed by atoms with Gasteiger partial charge < -0.3 is 10.2 Å². The highest BCUT2D eigenvalue weighted by molar-refractivity contribution is 5.50. The summed E-state index contributed by atoms with van der Waals surface area (Å²) in [5.41, 5.74) is 4.11. The molecule has 1 rings (SSSR count). The van der Waals surface area contributed by atoms with Crippen molar-refractivity contribution in [3.05, 3.63) is 29.3 Å². The minimum atomic E-state index is 0.606. The third kappa shape index (κ3) is 4.02. The number of hydrogen-bond acceptors (Lipinski definition) is 2. The Kier molecular flexibility index (Phi) is 6.20. The van der Waals surface area contributed by atoms with Crippen molar-refractivity contribution in [3.8, 4) is 0 Å². The van der Waals surface area contributed by atoms with Crippen molar-refractivity contribution in [2.24, 2.45) is 0 Å². The topological polar surface area (TPSA) is 15.3 Å². The van der Waals surface area contributed by atoms with E-state index in [9.17, 15) is 0 Å². The van der Waals surface area contributed by atoms with Crippen molar-refractivity contribution in [2.45, 2.75) is 53.1 Å². The van der Waals surface area contributed by atoms with Gasteiger partial charge in [0.25, 0.3) is 0 Å². The first-order chi connectivity index (χ1) is 8.60. The molecule has 0 saturated heterocycles. The molecule has 0 saturated carbocycles. The Balaban J connectivity index is 2.76. The van der Waals surface area contributed by atoms with E-state index in [2.05, 4.69) is 63.2 Å². The molecule has 1 N–H and O–H groups in total. The molecule has 0 spiro atoms. The molecule has 0 aliphatic carbocycles.